The number of nitrogens with two attached hydrogens (primary N) is 1. The fourth-order valence-corrected chi connectivity index (χ4v) is 5.25. The van der Waals surface area contributed by atoms with Crippen LogP contribution in [-0.4, -0.2) is 16.4 Å². The zero-order chi connectivity index (χ0) is 28.0. The van der Waals surface area contributed by atoms with Gasteiger partial charge in [0.05, 0.1) is 34.1 Å². The molecule has 1 aliphatic carbocycles. The van der Waals surface area contributed by atoms with Crippen molar-refractivity contribution in [1.29, 1.82) is 10.7 Å². The van der Waals surface area contributed by atoms with Gasteiger partial charge in [0.1, 0.15) is 17.3 Å². The Morgan fingerprint density at radius 3 is 2.17 bits per heavy atom. The number of aromatic nitrogens is 1. The summed E-state index contributed by atoms with van der Waals surface area (Å²) in [5.41, 5.74) is 11.3. The molecule has 0 unspecified atom stereocenters. The van der Waals surface area contributed by atoms with Gasteiger partial charge >= 0.3 is 0 Å². The lowest BCUT2D eigenvalue weighted by Crippen LogP contribution is -2.22. The fourth-order valence-electron chi connectivity index (χ4n) is 5.04. The van der Waals surface area contributed by atoms with Gasteiger partial charge in [-0.05, 0) is 60.3 Å². The number of hydrogen-bond donors (Lipinski definition) is 3. The van der Waals surface area contributed by atoms with Crippen LogP contribution in [0.4, 0.5) is 14.5 Å². The van der Waals surface area contributed by atoms with E-state index in [0.29, 0.717) is 44.6 Å². The van der Waals surface area contributed by atoms with Crippen LogP contribution >= 0.6 is 12.8 Å². The number of nitriles is 1. The Kier molecular flexibility index (Phi) is 6.21. The maximum absolute atomic E-state index is 14.8. The quantitative estimate of drug-likeness (QED) is 0.162. The Bertz CT molecular complexity index is 1930. The molecule has 1 heterocycles. The van der Waals surface area contributed by atoms with E-state index in [-0.39, 0.29) is 22.5 Å². The summed E-state index contributed by atoms with van der Waals surface area (Å²) in [5, 5.41) is 19.1. The summed E-state index contributed by atoms with van der Waals surface area (Å²) >= 11 is 4.20. The molecule has 192 valence electrons. The van der Waals surface area contributed by atoms with Crippen LogP contribution in [-0.2, 0) is 0 Å². The van der Waals surface area contributed by atoms with Crippen LogP contribution in [0.15, 0.2) is 89.3 Å². The largest absolute Gasteiger partial charge is 0.399 e. The van der Waals surface area contributed by atoms with E-state index in [2.05, 4.69) is 23.3 Å². The minimum Gasteiger partial charge on any atom is -0.399 e. The van der Waals surface area contributed by atoms with Gasteiger partial charge in [-0.25, -0.2) is 18.2 Å². The first-order valence-electron chi connectivity index (χ1n) is 12.2. The molecule has 6 rings (SSSR count). The van der Waals surface area contributed by atoms with Gasteiger partial charge in [0.25, 0.3) is 0 Å². The molecule has 0 atom stereocenters. The third-order valence-corrected chi connectivity index (χ3v) is 7.08. The van der Waals surface area contributed by atoms with E-state index in [0.717, 1.165) is 23.3 Å². The van der Waals surface area contributed by atoms with Gasteiger partial charge in [-0.15, -0.1) is 0 Å². The van der Waals surface area contributed by atoms with Gasteiger partial charge in [0.2, 0.25) is 0 Å². The van der Waals surface area contributed by atoms with Crippen LogP contribution < -0.4 is 5.73 Å². The Morgan fingerprint density at radius 1 is 0.850 bits per heavy atom. The van der Waals surface area contributed by atoms with Crippen molar-refractivity contribution in [3.63, 3.8) is 0 Å². The number of pyridine rings is 1. The molecule has 0 radical (unpaired) electrons. The Balaban J connectivity index is 1.68. The second-order valence-electron chi connectivity index (χ2n) is 9.28. The number of allylic oxidation sites excluding steroid dienone is 1. The normalized spacial score (nSPS) is 13.7. The molecule has 0 aliphatic heterocycles. The number of fused-ring (bicyclic) bond motifs is 3. The van der Waals surface area contributed by atoms with Crippen molar-refractivity contribution in [3.05, 3.63) is 119 Å². The van der Waals surface area contributed by atoms with Crippen molar-refractivity contribution in [2.45, 2.75) is 0 Å². The minimum absolute atomic E-state index is 0.0112. The van der Waals surface area contributed by atoms with Crippen LogP contribution in [0.1, 0.15) is 22.3 Å². The summed E-state index contributed by atoms with van der Waals surface area (Å²) in [6, 6.07) is 25.7. The topological polar surface area (TPSA) is 98.9 Å². The summed E-state index contributed by atoms with van der Waals surface area (Å²) < 4.78 is 33.8. The number of nitrogen functional groups attached to an aromatic ring is 1. The van der Waals surface area contributed by atoms with Gasteiger partial charge < -0.3 is 5.73 Å². The van der Waals surface area contributed by atoms with E-state index in [1.807, 2.05) is 36.4 Å². The molecule has 8 heteroatoms. The average molecular weight is 544 g/mol. The first-order valence-corrected chi connectivity index (χ1v) is 12.6. The summed E-state index contributed by atoms with van der Waals surface area (Å²) in [6.45, 7) is 0. The Hall–Kier alpha value is -5.13. The fraction of sp³-hybridized carbons (Fsp3) is 0. The lowest BCUT2D eigenvalue weighted by atomic mass is 9.82. The number of hydrogen-bond acceptors (Lipinski definition) is 6. The summed E-state index contributed by atoms with van der Waals surface area (Å²) in [7, 11) is 0. The van der Waals surface area contributed by atoms with Crippen LogP contribution in [0.25, 0.3) is 44.9 Å². The van der Waals surface area contributed by atoms with Gasteiger partial charge in [-0.2, -0.15) is 5.26 Å². The molecule has 1 aromatic heterocycles. The smallest absolute Gasteiger partial charge is 0.136 e. The Morgan fingerprint density at radius 2 is 1.52 bits per heavy atom. The van der Waals surface area contributed by atoms with E-state index in [4.69, 9.17) is 10.7 Å². The standard InChI is InChI=1S/C32H19F2N5S/c33-25-13-21(36)14-26(34)28(25)20-10-11-22-27(12-20)38-31(19-8-6-17(16-35)7-9-19)24-15-23(18-4-2-1-3-5-18)32(39-40)30(37)29(22)24/h1-15,37,40H,36H2. The predicted molar refractivity (Wildman–Crippen MR) is 159 cm³/mol. The molecule has 0 saturated carbocycles. The van der Waals surface area contributed by atoms with Crippen molar-refractivity contribution in [1.82, 2.24) is 4.98 Å². The molecule has 0 spiro atoms. The average Bonchev–Trinajstić information content (AvgIpc) is 2.96. The van der Waals surface area contributed by atoms with Crippen molar-refractivity contribution in [2.75, 3.05) is 5.73 Å². The van der Waals surface area contributed by atoms with Gasteiger partial charge in [-0.1, -0.05) is 54.6 Å². The molecule has 40 heavy (non-hydrogen) atoms. The molecule has 5 nitrogen and oxygen atoms in total. The second kappa shape index (κ2) is 9.88. The third-order valence-electron chi connectivity index (χ3n) is 6.88. The highest BCUT2D eigenvalue weighted by Crippen LogP contribution is 2.40. The van der Waals surface area contributed by atoms with E-state index < -0.39 is 11.6 Å². The predicted octanol–water partition coefficient (Wildman–Crippen LogP) is 7.51. The lowest BCUT2D eigenvalue weighted by molar-refractivity contribution is 0.591. The highest BCUT2D eigenvalue weighted by Gasteiger charge is 2.29. The molecule has 0 fully saturated rings. The van der Waals surface area contributed by atoms with Crippen LogP contribution in [0.3, 0.4) is 0 Å². The molecule has 5 aromatic rings. The van der Waals surface area contributed by atoms with Gasteiger partial charge in [-0.3, -0.25) is 5.41 Å². The molecule has 1 aliphatic rings. The van der Waals surface area contributed by atoms with E-state index in [9.17, 15) is 19.5 Å². The Labute approximate surface area is 234 Å². The summed E-state index contributed by atoms with van der Waals surface area (Å²) in [5.74, 6) is -1.57. The van der Waals surface area contributed by atoms with Crippen molar-refractivity contribution < 1.29 is 8.78 Å². The number of nitrogens with one attached hydrogen (secondary N) is 1. The lowest BCUT2D eigenvalue weighted by Gasteiger charge is -2.24. The molecule has 0 amide bonds. The zero-order valence-electron chi connectivity index (χ0n) is 20.8. The van der Waals surface area contributed by atoms with Crippen molar-refractivity contribution in [2.24, 2.45) is 4.40 Å². The molecular formula is C32H19F2N5S. The highest BCUT2D eigenvalue weighted by atomic mass is 32.1. The van der Waals surface area contributed by atoms with Gasteiger partial charge in [0.15, 0.2) is 0 Å². The minimum atomic E-state index is -0.783. The van der Waals surface area contributed by atoms with Crippen LogP contribution in [0, 0.1) is 28.4 Å². The zero-order valence-corrected chi connectivity index (χ0v) is 21.7. The second-order valence-corrected chi connectivity index (χ2v) is 9.48. The number of halogens is 2. The SMILES string of the molecule is N#Cc1ccc(-c2nc3cc(-c4c(F)cc(N)cc4F)ccc3c3c2C=C(c2ccccc2)C(=NS)C3=N)cc1. The maximum atomic E-state index is 14.8. The van der Waals surface area contributed by atoms with Gasteiger partial charge in [0, 0.05) is 33.3 Å². The molecule has 0 saturated heterocycles. The summed E-state index contributed by atoms with van der Waals surface area (Å²) in [6.07, 6.45) is 1.94. The number of rotatable bonds is 3. The molecule has 0 bridgehead atoms. The van der Waals surface area contributed by atoms with Crippen molar-refractivity contribution >= 4 is 52.5 Å². The van der Waals surface area contributed by atoms with E-state index in [1.54, 1.807) is 42.5 Å². The van der Waals surface area contributed by atoms with Crippen LogP contribution in [0.5, 0.6) is 0 Å². The third kappa shape index (κ3) is 4.13. The summed E-state index contributed by atoms with van der Waals surface area (Å²) in [4.78, 5) is 4.94. The van der Waals surface area contributed by atoms with E-state index in [1.165, 1.54) is 0 Å². The number of benzene rings is 4. The number of anilines is 1. The molecular weight excluding hydrogens is 524 g/mol. The van der Waals surface area contributed by atoms with Crippen LogP contribution in [0.2, 0.25) is 0 Å². The number of thiol groups is 1. The first-order chi connectivity index (χ1) is 19.4. The number of nitrogens with zero attached hydrogens (tertiary/aromatic N) is 3. The molecule has 3 N–H and O–H groups in total. The first kappa shape index (κ1) is 25.2. The molecule has 4 aromatic carbocycles. The maximum Gasteiger partial charge on any atom is 0.136 e. The monoisotopic (exact) mass is 543 g/mol. The highest BCUT2D eigenvalue weighted by molar-refractivity contribution is 7.79. The van der Waals surface area contributed by atoms with E-state index >= 15 is 0 Å². The van der Waals surface area contributed by atoms with Crippen molar-refractivity contribution in [3.8, 4) is 28.5 Å².